The van der Waals surface area contributed by atoms with Gasteiger partial charge in [0.25, 0.3) is 0 Å². The number of carbonyl (C=O) groups is 1. The molecule has 0 bridgehead atoms. The molecular formula is C14H28N2O2. The van der Waals surface area contributed by atoms with E-state index in [0.29, 0.717) is 5.92 Å². The first-order valence-electron chi connectivity index (χ1n) is 6.76. The van der Waals surface area contributed by atoms with Gasteiger partial charge in [-0.25, -0.2) is 0 Å². The molecule has 1 N–H and O–H groups in total. The molecule has 4 nitrogen and oxygen atoms in total. The van der Waals surface area contributed by atoms with Crippen LogP contribution in [0.5, 0.6) is 0 Å². The van der Waals surface area contributed by atoms with Crippen molar-refractivity contribution >= 4 is 5.91 Å². The molecule has 1 atom stereocenters. The number of nitrogens with zero attached hydrogens (tertiary/aromatic N) is 1. The fraction of sp³-hybridized carbons (Fsp3) is 0.929. The molecule has 1 aliphatic heterocycles. The van der Waals surface area contributed by atoms with Crippen molar-refractivity contribution in [1.29, 1.82) is 0 Å². The molecule has 0 spiro atoms. The fourth-order valence-electron chi connectivity index (χ4n) is 2.61. The number of hydrogen-bond donors (Lipinski definition) is 1. The molecule has 0 aliphatic carbocycles. The molecule has 106 valence electrons. The average Bonchev–Trinajstić information content (AvgIpc) is 2.26. The van der Waals surface area contributed by atoms with Crippen LogP contribution in [0.15, 0.2) is 0 Å². The van der Waals surface area contributed by atoms with Gasteiger partial charge in [0.15, 0.2) is 0 Å². The maximum Gasteiger partial charge on any atom is 0.239 e. The maximum atomic E-state index is 11.9. The summed E-state index contributed by atoms with van der Waals surface area (Å²) < 4.78 is 5.73. The van der Waals surface area contributed by atoms with Gasteiger partial charge in [0.1, 0.15) is 0 Å². The largest absolute Gasteiger partial charge is 0.376 e. The van der Waals surface area contributed by atoms with Gasteiger partial charge in [0.2, 0.25) is 5.91 Å². The summed E-state index contributed by atoms with van der Waals surface area (Å²) in [6, 6.07) is 0. The summed E-state index contributed by atoms with van der Waals surface area (Å²) in [6.07, 6.45) is 2.14. The highest BCUT2D eigenvalue weighted by atomic mass is 16.5. The van der Waals surface area contributed by atoms with Crippen LogP contribution < -0.4 is 5.32 Å². The summed E-state index contributed by atoms with van der Waals surface area (Å²) in [5, 5.41) is 2.73. The van der Waals surface area contributed by atoms with Crippen molar-refractivity contribution in [3.63, 3.8) is 0 Å². The molecular weight excluding hydrogens is 228 g/mol. The molecule has 0 unspecified atom stereocenters. The summed E-state index contributed by atoms with van der Waals surface area (Å²) in [4.78, 5) is 14.0. The standard InChI is InChI=1S/C14H28N2O2/c1-13(2)9-11(7-8-18-13)10-16(6)14(3,4)12(17)15-5/h11H,7-10H2,1-6H3,(H,15,17)/t11-/m1/s1. The average molecular weight is 256 g/mol. The number of carbonyl (C=O) groups excluding carboxylic acids is 1. The zero-order chi connectivity index (χ0) is 14.0. The van der Waals surface area contributed by atoms with E-state index in [9.17, 15) is 4.79 Å². The first-order valence-corrected chi connectivity index (χ1v) is 6.76. The van der Waals surface area contributed by atoms with E-state index in [0.717, 1.165) is 26.0 Å². The first-order chi connectivity index (χ1) is 8.19. The molecule has 0 saturated carbocycles. The third-order valence-corrected chi connectivity index (χ3v) is 4.07. The van der Waals surface area contributed by atoms with Crippen LogP contribution in [0.4, 0.5) is 0 Å². The number of likely N-dealkylation sites (N-methyl/N-ethyl adjacent to an activating group) is 2. The van der Waals surface area contributed by atoms with Gasteiger partial charge in [-0.1, -0.05) is 0 Å². The Labute approximate surface area is 111 Å². The van der Waals surface area contributed by atoms with Crippen molar-refractivity contribution in [2.45, 2.75) is 51.7 Å². The number of hydrogen-bond acceptors (Lipinski definition) is 3. The van der Waals surface area contributed by atoms with Crippen molar-refractivity contribution in [2.24, 2.45) is 5.92 Å². The van der Waals surface area contributed by atoms with Crippen LogP contribution in [-0.4, -0.2) is 49.2 Å². The van der Waals surface area contributed by atoms with Gasteiger partial charge >= 0.3 is 0 Å². The van der Waals surface area contributed by atoms with Gasteiger partial charge in [0.05, 0.1) is 11.1 Å². The predicted molar refractivity (Wildman–Crippen MR) is 73.5 cm³/mol. The Bertz CT molecular complexity index is 300. The van der Waals surface area contributed by atoms with Crippen molar-refractivity contribution in [1.82, 2.24) is 10.2 Å². The highest BCUT2D eigenvalue weighted by Gasteiger charge is 2.35. The van der Waals surface area contributed by atoms with E-state index in [1.807, 2.05) is 20.9 Å². The van der Waals surface area contributed by atoms with Crippen molar-refractivity contribution < 1.29 is 9.53 Å². The van der Waals surface area contributed by atoms with E-state index in [-0.39, 0.29) is 11.5 Å². The smallest absolute Gasteiger partial charge is 0.239 e. The molecule has 1 rings (SSSR count). The summed E-state index contributed by atoms with van der Waals surface area (Å²) in [6.45, 7) is 9.98. The number of nitrogens with one attached hydrogen (secondary N) is 1. The Hall–Kier alpha value is -0.610. The second-order valence-electron chi connectivity index (χ2n) is 6.49. The highest BCUT2D eigenvalue weighted by molar-refractivity contribution is 5.85. The van der Waals surface area contributed by atoms with E-state index >= 15 is 0 Å². The number of rotatable bonds is 4. The van der Waals surface area contributed by atoms with Gasteiger partial charge in [-0.2, -0.15) is 0 Å². The third-order valence-electron chi connectivity index (χ3n) is 4.07. The van der Waals surface area contributed by atoms with Crippen LogP contribution in [0, 0.1) is 5.92 Å². The van der Waals surface area contributed by atoms with Crippen molar-refractivity contribution in [3.8, 4) is 0 Å². The van der Waals surface area contributed by atoms with Crippen molar-refractivity contribution in [3.05, 3.63) is 0 Å². The Kier molecular flexibility index (Phi) is 4.78. The zero-order valence-corrected chi connectivity index (χ0v) is 12.7. The molecule has 4 heteroatoms. The van der Waals surface area contributed by atoms with Crippen molar-refractivity contribution in [2.75, 3.05) is 27.2 Å². The number of ether oxygens (including phenoxy) is 1. The Balaban J connectivity index is 2.59. The Morgan fingerprint density at radius 1 is 1.50 bits per heavy atom. The molecule has 1 fully saturated rings. The molecule has 18 heavy (non-hydrogen) atoms. The van der Waals surface area contributed by atoms with E-state index in [1.54, 1.807) is 7.05 Å². The minimum atomic E-state index is -0.461. The molecule has 0 radical (unpaired) electrons. The Morgan fingerprint density at radius 3 is 2.61 bits per heavy atom. The van der Waals surface area contributed by atoms with E-state index < -0.39 is 5.54 Å². The maximum absolute atomic E-state index is 11.9. The lowest BCUT2D eigenvalue weighted by molar-refractivity contribution is -0.131. The second-order valence-corrected chi connectivity index (χ2v) is 6.49. The van der Waals surface area contributed by atoms with Crippen LogP contribution in [0.2, 0.25) is 0 Å². The van der Waals surface area contributed by atoms with Gasteiger partial charge in [-0.15, -0.1) is 0 Å². The summed E-state index contributed by atoms with van der Waals surface area (Å²) in [5.41, 5.74) is -0.488. The van der Waals surface area contributed by atoms with Gasteiger partial charge in [-0.05, 0) is 53.5 Å². The SMILES string of the molecule is CNC(=O)C(C)(C)N(C)C[C@@H]1CCOC(C)(C)C1. The molecule has 1 aliphatic rings. The fourth-order valence-corrected chi connectivity index (χ4v) is 2.61. The molecule has 1 saturated heterocycles. The van der Waals surface area contributed by atoms with Crippen LogP contribution in [0.3, 0.4) is 0 Å². The van der Waals surface area contributed by atoms with Gasteiger partial charge in [-0.3, -0.25) is 9.69 Å². The van der Waals surface area contributed by atoms with Crippen LogP contribution >= 0.6 is 0 Å². The molecule has 0 aromatic heterocycles. The summed E-state index contributed by atoms with van der Waals surface area (Å²) >= 11 is 0. The number of amides is 1. The summed E-state index contributed by atoms with van der Waals surface area (Å²) in [5.74, 6) is 0.666. The zero-order valence-electron chi connectivity index (χ0n) is 12.7. The predicted octanol–water partition coefficient (Wildman–Crippen LogP) is 1.65. The minimum Gasteiger partial charge on any atom is -0.376 e. The topological polar surface area (TPSA) is 41.6 Å². The second kappa shape index (κ2) is 5.57. The van der Waals surface area contributed by atoms with E-state index in [4.69, 9.17) is 4.74 Å². The van der Waals surface area contributed by atoms with Crippen LogP contribution in [-0.2, 0) is 9.53 Å². The monoisotopic (exact) mass is 256 g/mol. The molecule has 0 aromatic rings. The molecule has 1 amide bonds. The first kappa shape index (κ1) is 15.4. The minimum absolute atomic E-state index is 0.0269. The lowest BCUT2D eigenvalue weighted by Crippen LogP contribution is -2.54. The van der Waals surface area contributed by atoms with Gasteiger partial charge in [0, 0.05) is 20.2 Å². The lowest BCUT2D eigenvalue weighted by atomic mass is 9.87. The Morgan fingerprint density at radius 2 is 2.11 bits per heavy atom. The molecule has 0 aromatic carbocycles. The normalized spacial score (nSPS) is 24.1. The van der Waals surface area contributed by atoms with Crippen LogP contribution in [0.1, 0.15) is 40.5 Å². The quantitative estimate of drug-likeness (QED) is 0.831. The van der Waals surface area contributed by atoms with E-state index in [1.165, 1.54) is 0 Å². The lowest BCUT2D eigenvalue weighted by Gasteiger charge is -2.40. The third kappa shape index (κ3) is 3.69. The molecule has 1 heterocycles. The van der Waals surface area contributed by atoms with Crippen LogP contribution in [0.25, 0.3) is 0 Å². The highest BCUT2D eigenvalue weighted by Crippen LogP contribution is 2.30. The van der Waals surface area contributed by atoms with Gasteiger partial charge < -0.3 is 10.1 Å². The summed E-state index contributed by atoms with van der Waals surface area (Å²) in [7, 11) is 3.72. The van der Waals surface area contributed by atoms with E-state index in [2.05, 4.69) is 24.1 Å².